The molecule has 0 atom stereocenters. The summed E-state index contributed by atoms with van der Waals surface area (Å²) < 4.78 is 10.9. The van der Waals surface area contributed by atoms with Crippen LogP contribution in [0.25, 0.3) is 0 Å². The van der Waals surface area contributed by atoms with Crippen molar-refractivity contribution in [2.45, 2.75) is 30.1 Å². The van der Waals surface area contributed by atoms with Crippen LogP contribution in [0.1, 0.15) is 20.3 Å². The fourth-order valence-electron chi connectivity index (χ4n) is 2.48. The molecule has 1 N–H and O–H groups in total. The van der Waals surface area contributed by atoms with Crippen LogP contribution in [0.2, 0.25) is 0 Å². The Labute approximate surface area is 152 Å². The maximum absolute atomic E-state index is 12.3. The van der Waals surface area contributed by atoms with E-state index < -0.39 is 0 Å². The van der Waals surface area contributed by atoms with Gasteiger partial charge in [0.2, 0.25) is 0 Å². The highest BCUT2D eigenvalue weighted by Crippen LogP contribution is 2.47. The lowest BCUT2D eigenvalue weighted by Crippen LogP contribution is -2.12. The van der Waals surface area contributed by atoms with Crippen molar-refractivity contribution in [2.24, 2.45) is 0 Å². The number of nitrogens with one attached hydrogen (secondary N) is 1. The Morgan fingerprint density at radius 2 is 1.96 bits per heavy atom. The van der Waals surface area contributed by atoms with Gasteiger partial charge in [0.25, 0.3) is 0 Å². The molecule has 1 heterocycles. The fraction of sp³-hybridized carbons (Fsp3) is 0.250. The molecule has 0 aliphatic carbocycles. The van der Waals surface area contributed by atoms with Crippen molar-refractivity contribution >= 4 is 29.1 Å². The summed E-state index contributed by atoms with van der Waals surface area (Å²) in [6, 6.07) is 13.8. The monoisotopic (exact) mass is 355 g/mol. The minimum Gasteiger partial charge on any atom is -0.421 e. The summed E-state index contributed by atoms with van der Waals surface area (Å²) >= 11 is 1.67. The Balaban J connectivity index is 1.73. The van der Waals surface area contributed by atoms with Crippen LogP contribution in [-0.2, 0) is 9.53 Å². The average Bonchev–Trinajstić information content (AvgIpc) is 2.63. The quantitative estimate of drug-likeness (QED) is 0.286. The van der Waals surface area contributed by atoms with Crippen LogP contribution in [0.4, 0.5) is 11.4 Å². The van der Waals surface area contributed by atoms with E-state index >= 15 is 0 Å². The summed E-state index contributed by atoms with van der Waals surface area (Å²) in [5.74, 6) is 0.206. The standard InChI is InChI=1S/C20H21NO3S/c1-3-23-13-7-8-14(2)20(22)24-16-10-6-12-18-19(16)21-15-9-4-5-11-17(15)25-18/h4-6,8-12,21H,3,7,13H2,1-2H3/b14-8+. The van der Waals surface area contributed by atoms with Gasteiger partial charge in [-0.1, -0.05) is 36.0 Å². The third-order valence-corrected chi connectivity index (χ3v) is 4.93. The Kier molecular flexibility index (Phi) is 5.79. The minimum absolute atomic E-state index is 0.337. The van der Waals surface area contributed by atoms with Gasteiger partial charge in [-0.15, -0.1) is 0 Å². The van der Waals surface area contributed by atoms with Crippen molar-refractivity contribution in [2.75, 3.05) is 18.5 Å². The summed E-state index contributed by atoms with van der Waals surface area (Å²) in [5.41, 5.74) is 2.44. The number of anilines is 2. The average molecular weight is 355 g/mol. The van der Waals surface area contributed by atoms with Crippen LogP contribution in [0.3, 0.4) is 0 Å². The number of hydrogen-bond acceptors (Lipinski definition) is 5. The number of esters is 1. The van der Waals surface area contributed by atoms with E-state index in [1.807, 2.05) is 49.4 Å². The summed E-state index contributed by atoms with van der Waals surface area (Å²) in [4.78, 5) is 14.5. The molecule has 0 unspecified atom stereocenters. The zero-order valence-corrected chi connectivity index (χ0v) is 15.2. The van der Waals surface area contributed by atoms with Gasteiger partial charge in [-0.05, 0) is 44.5 Å². The first-order valence-corrected chi connectivity index (χ1v) is 9.14. The smallest absolute Gasteiger partial charge is 0.338 e. The van der Waals surface area contributed by atoms with Gasteiger partial charge in [0.15, 0.2) is 5.75 Å². The lowest BCUT2D eigenvalue weighted by Gasteiger charge is -2.22. The van der Waals surface area contributed by atoms with Crippen LogP contribution in [0, 0.1) is 0 Å². The molecule has 5 heteroatoms. The first-order valence-electron chi connectivity index (χ1n) is 8.32. The van der Waals surface area contributed by atoms with Crippen molar-refractivity contribution in [3.8, 4) is 5.75 Å². The Hall–Kier alpha value is -2.24. The largest absolute Gasteiger partial charge is 0.421 e. The van der Waals surface area contributed by atoms with Crippen LogP contribution in [0.5, 0.6) is 5.75 Å². The summed E-state index contributed by atoms with van der Waals surface area (Å²) in [5, 5.41) is 3.38. The molecule has 2 aromatic carbocycles. The molecule has 0 saturated carbocycles. The molecule has 25 heavy (non-hydrogen) atoms. The summed E-state index contributed by atoms with van der Waals surface area (Å²) in [7, 11) is 0. The third-order valence-electron chi connectivity index (χ3n) is 3.80. The van der Waals surface area contributed by atoms with E-state index in [2.05, 4.69) is 11.4 Å². The van der Waals surface area contributed by atoms with Crippen LogP contribution < -0.4 is 10.1 Å². The first-order chi connectivity index (χ1) is 12.2. The van der Waals surface area contributed by atoms with Crippen LogP contribution >= 0.6 is 11.8 Å². The third kappa shape index (κ3) is 4.24. The molecule has 0 fully saturated rings. The molecule has 0 radical (unpaired) electrons. The van der Waals surface area contributed by atoms with E-state index in [0.717, 1.165) is 21.2 Å². The van der Waals surface area contributed by atoms with Crippen molar-refractivity contribution < 1.29 is 14.3 Å². The molecule has 3 rings (SSSR count). The number of ether oxygens (including phenoxy) is 2. The van der Waals surface area contributed by atoms with Crippen LogP contribution in [-0.4, -0.2) is 19.2 Å². The van der Waals surface area contributed by atoms with Gasteiger partial charge < -0.3 is 14.8 Å². The molecule has 0 aromatic heterocycles. The van der Waals surface area contributed by atoms with Crippen LogP contribution in [0.15, 0.2) is 63.9 Å². The number of para-hydroxylation sites is 2. The normalized spacial score (nSPS) is 12.8. The molecule has 2 aromatic rings. The van der Waals surface area contributed by atoms with Gasteiger partial charge in [-0.25, -0.2) is 4.79 Å². The van der Waals surface area contributed by atoms with E-state index in [1.54, 1.807) is 18.7 Å². The van der Waals surface area contributed by atoms with E-state index in [1.165, 1.54) is 0 Å². The number of hydrogen-bond donors (Lipinski definition) is 1. The van der Waals surface area contributed by atoms with E-state index in [-0.39, 0.29) is 5.97 Å². The second kappa shape index (κ2) is 8.23. The summed E-state index contributed by atoms with van der Waals surface area (Å²) in [6.45, 7) is 5.00. The number of fused-ring (bicyclic) bond motifs is 2. The molecule has 130 valence electrons. The predicted molar refractivity (Wildman–Crippen MR) is 101 cm³/mol. The molecule has 4 nitrogen and oxygen atoms in total. The molecule has 0 saturated heterocycles. The van der Waals surface area contributed by atoms with E-state index in [0.29, 0.717) is 31.0 Å². The number of rotatable bonds is 6. The van der Waals surface area contributed by atoms with E-state index in [9.17, 15) is 4.79 Å². The highest BCUT2D eigenvalue weighted by atomic mass is 32.2. The molecule has 0 bridgehead atoms. The summed E-state index contributed by atoms with van der Waals surface area (Å²) in [6.07, 6.45) is 2.55. The lowest BCUT2D eigenvalue weighted by atomic mass is 10.2. The Morgan fingerprint density at radius 3 is 2.80 bits per heavy atom. The van der Waals surface area contributed by atoms with E-state index in [4.69, 9.17) is 9.47 Å². The zero-order valence-electron chi connectivity index (χ0n) is 14.4. The molecular formula is C20H21NO3S. The second-order valence-electron chi connectivity index (χ2n) is 5.61. The van der Waals surface area contributed by atoms with Gasteiger partial charge in [0.05, 0.1) is 18.0 Å². The van der Waals surface area contributed by atoms with Crippen molar-refractivity contribution in [1.82, 2.24) is 0 Å². The van der Waals surface area contributed by atoms with Crippen molar-refractivity contribution in [3.63, 3.8) is 0 Å². The maximum atomic E-state index is 12.3. The molecule has 1 aliphatic heterocycles. The predicted octanol–water partition coefficient (Wildman–Crippen LogP) is 5.17. The minimum atomic E-state index is -0.337. The van der Waals surface area contributed by atoms with Gasteiger partial charge in [0.1, 0.15) is 0 Å². The molecular weight excluding hydrogens is 334 g/mol. The SMILES string of the molecule is CCOCC/C=C(\C)C(=O)Oc1cccc2c1Nc1ccccc1S2. The highest BCUT2D eigenvalue weighted by molar-refractivity contribution is 7.99. The number of benzene rings is 2. The Morgan fingerprint density at radius 1 is 1.16 bits per heavy atom. The second-order valence-corrected chi connectivity index (χ2v) is 6.70. The zero-order chi connectivity index (χ0) is 17.6. The lowest BCUT2D eigenvalue weighted by molar-refractivity contribution is -0.130. The topological polar surface area (TPSA) is 47.6 Å². The van der Waals surface area contributed by atoms with Gasteiger partial charge >= 0.3 is 5.97 Å². The van der Waals surface area contributed by atoms with Crippen molar-refractivity contribution in [3.05, 3.63) is 54.1 Å². The van der Waals surface area contributed by atoms with Gasteiger partial charge in [-0.3, -0.25) is 0 Å². The Bertz CT molecular complexity index is 801. The van der Waals surface area contributed by atoms with Gasteiger partial charge in [-0.2, -0.15) is 0 Å². The number of carbonyl (C=O) groups excluding carboxylic acids is 1. The number of carbonyl (C=O) groups is 1. The van der Waals surface area contributed by atoms with Gasteiger partial charge in [0, 0.05) is 22.0 Å². The molecule has 0 spiro atoms. The highest BCUT2D eigenvalue weighted by Gasteiger charge is 2.20. The van der Waals surface area contributed by atoms with Crippen molar-refractivity contribution in [1.29, 1.82) is 0 Å². The molecule has 0 amide bonds. The fourth-order valence-corrected chi connectivity index (χ4v) is 3.50. The first kappa shape index (κ1) is 17.6. The maximum Gasteiger partial charge on any atom is 0.338 e. The molecule has 1 aliphatic rings.